The summed E-state index contributed by atoms with van der Waals surface area (Å²) in [6.07, 6.45) is 0.540. The number of halogens is 1. The number of nitrogens with one attached hydrogen (secondary N) is 1. The van der Waals surface area contributed by atoms with E-state index < -0.39 is 15.8 Å². The molecule has 1 N–H and O–H groups in total. The summed E-state index contributed by atoms with van der Waals surface area (Å²) in [4.78, 5) is -0.198. The van der Waals surface area contributed by atoms with Gasteiger partial charge in [0.15, 0.2) is 0 Å². The third-order valence-corrected chi connectivity index (χ3v) is 5.01. The Labute approximate surface area is 136 Å². The van der Waals surface area contributed by atoms with Crippen LogP contribution in [0.25, 0.3) is 0 Å². The van der Waals surface area contributed by atoms with Crippen molar-refractivity contribution in [2.75, 3.05) is 7.11 Å². The van der Waals surface area contributed by atoms with E-state index in [4.69, 9.17) is 4.74 Å². The Kier molecular flexibility index (Phi) is 5.38. The zero-order valence-electron chi connectivity index (χ0n) is 13.3. The first-order valence-corrected chi connectivity index (χ1v) is 8.71. The van der Waals surface area contributed by atoms with Crippen LogP contribution in [0, 0.1) is 12.7 Å². The Morgan fingerprint density at radius 1 is 1.22 bits per heavy atom. The summed E-state index contributed by atoms with van der Waals surface area (Å²) in [5, 5.41) is 0. The smallest absolute Gasteiger partial charge is 0.244 e. The van der Waals surface area contributed by atoms with Crippen LogP contribution in [0.4, 0.5) is 4.39 Å². The van der Waals surface area contributed by atoms with E-state index in [0.29, 0.717) is 6.42 Å². The molecule has 23 heavy (non-hydrogen) atoms. The molecule has 0 amide bonds. The summed E-state index contributed by atoms with van der Waals surface area (Å²) >= 11 is 0. The van der Waals surface area contributed by atoms with Crippen molar-refractivity contribution in [3.63, 3.8) is 0 Å². The Balaban J connectivity index is 2.19. The zero-order valence-corrected chi connectivity index (χ0v) is 14.2. The summed E-state index contributed by atoms with van der Waals surface area (Å²) in [5.74, 6) is -0.515. The van der Waals surface area contributed by atoms with E-state index in [1.54, 1.807) is 6.92 Å². The Morgan fingerprint density at radius 3 is 2.61 bits per heavy atom. The maximum atomic E-state index is 13.4. The van der Waals surface area contributed by atoms with Crippen LogP contribution in [0.3, 0.4) is 0 Å². The lowest BCUT2D eigenvalue weighted by molar-refractivity contribution is 0.400. The van der Waals surface area contributed by atoms with Crippen molar-refractivity contribution in [3.05, 3.63) is 59.4 Å². The van der Waals surface area contributed by atoms with E-state index in [2.05, 4.69) is 4.72 Å². The number of ether oxygens (including phenoxy) is 1. The van der Waals surface area contributed by atoms with Crippen LogP contribution in [0.1, 0.15) is 18.1 Å². The Hall–Kier alpha value is -1.92. The molecule has 2 aromatic rings. The van der Waals surface area contributed by atoms with Crippen LogP contribution >= 0.6 is 0 Å². The Morgan fingerprint density at radius 2 is 1.96 bits per heavy atom. The molecule has 1 atom stereocenters. The van der Waals surface area contributed by atoms with Crippen LogP contribution in [-0.2, 0) is 16.4 Å². The quantitative estimate of drug-likeness (QED) is 0.881. The van der Waals surface area contributed by atoms with Crippen LogP contribution in [0.5, 0.6) is 5.75 Å². The van der Waals surface area contributed by atoms with Crippen LogP contribution in [0.2, 0.25) is 0 Å². The average Bonchev–Trinajstić information content (AvgIpc) is 2.46. The van der Waals surface area contributed by atoms with Gasteiger partial charge in [-0.2, -0.15) is 0 Å². The fraction of sp³-hybridized carbons (Fsp3) is 0.294. The average molecular weight is 337 g/mol. The molecule has 0 aliphatic carbocycles. The molecular formula is C17H20FNO3S. The summed E-state index contributed by atoms with van der Waals surface area (Å²) in [6.45, 7) is 3.75. The van der Waals surface area contributed by atoms with Crippen molar-refractivity contribution < 1.29 is 17.5 Å². The van der Waals surface area contributed by atoms with Gasteiger partial charge in [0.05, 0.1) is 7.11 Å². The van der Waals surface area contributed by atoms with E-state index in [-0.39, 0.29) is 16.7 Å². The largest absolute Gasteiger partial charge is 0.495 e. The number of rotatable bonds is 6. The number of aryl methyl sites for hydroxylation is 1. The van der Waals surface area contributed by atoms with Crippen molar-refractivity contribution >= 4 is 10.0 Å². The predicted molar refractivity (Wildman–Crippen MR) is 87.6 cm³/mol. The van der Waals surface area contributed by atoms with Crippen molar-refractivity contribution in [1.29, 1.82) is 0 Å². The molecule has 6 heteroatoms. The number of hydrogen-bond donors (Lipinski definition) is 1. The molecule has 2 rings (SSSR count). The highest BCUT2D eigenvalue weighted by molar-refractivity contribution is 7.89. The molecule has 1 unspecified atom stereocenters. The van der Waals surface area contributed by atoms with E-state index in [9.17, 15) is 12.8 Å². The lowest BCUT2D eigenvalue weighted by Crippen LogP contribution is -2.34. The van der Waals surface area contributed by atoms with Crippen LogP contribution < -0.4 is 9.46 Å². The maximum absolute atomic E-state index is 13.4. The molecular weight excluding hydrogens is 317 g/mol. The van der Waals surface area contributed by atoms with E-state index in [0.717, 1.165) is 23.3 Å². The maximum Gasteiger partial charge on any atom is 0.244 e. The van der Waals surface area contributed by atoms with Gasteiger partial charge < -0.3 is 4.74 Å². The van der Waals surface area contributed by atoms with Gasteiger partial charge in [0.1, 0.15) is 16.5 Å². The van der Waals surface area contributed by atoms with Crippen molar-refractivity contribution in [2.24, 2.45) is 0 Å². The SMILES string of the molecule is COc1ccc(F)cc1S(=O)(=O)NC(C)Cc1cccc(C)c1. The lowest BCUT2D eigenvalue weighted by Gasteiger charge is -2.16. The van der Waals surface area contributed by atoms with E-state index >= 15 is 0 Å². The van der Waals surface area contributed by atoms with Crippen molar-refractivity contribution in [1.82, 2.24) is 4.72 Å². The first kappa shape index (κ1) is 17.4. The summed E-state index contributed by atoms with van der Waals surface area (Å²) in [5.41, 5.74) is 2.15. The molecule has 0 aromatic heterocycles. The third kappa shape index (κ3) is 4.53. The van der Waals surface area contributed by atoms with Crippen molar-refractivity contribution in [2.45, 2.75) is 31.2 Å². The minimum atomic E-state index is -3.87. The van der Waals surface area contributed by atoms with Crippen LogP contribution in [0.15, 0.2) is 47.4 Å². The topological polar surface area (TPSA) is 55.4 Å². The fourth-order valence-electron chi connectivity index (χ4n) is 2.42. The standard InChI is InChI=1S/C17H20FNO3S/c1-12-5-4-6-14(9-12)10-13(2)19-23(20,21)17-11-15(18)7-8-16(17)22-3/h4-9,11,13,19H,10H2,1-3H3. The molecule has 0 saturated heterocycles. The normalized spacial score (nSPS) is 12.9. The van der Waals surface area contributed by atoms with Crippen LogP contribution in [-0.4, -0.2) is 21.6 Å². The Bertz CT molecular complexity index is 790. The molecule has 0 saturated carbocycles. The number of benzene rings is 2. The third-order valence-electron chi connectivity index (χ3n) is 3.40. The van der Waals surface area contributed by atoms with Gasteiger partial charge in [0, 0.05) is 6.04 Å². The highest BCUT2D eigenvalue weighted by Gasteiger charge is 2.22. The minimum absolute atomic E-state index is 0.113. The van der Waals surface area contributed by atoms with Gasteiger partial charge >= 0.3 is 0 Å². The summed E-state index contributed by atoms with van der Waals surface area (Å²) < 4.78 is 45.9. The summed E-state index contributed by atoms with van der Waals surface area (Å²) in [7, 11) is -2.52. The van der Waals surface area contributed by atoms with Gasteiger partial charge in [0.25, 0.3) is 0 Å². The molecule has 0 heterocycles. The van der Waals surface area contributed by atoms with E-state index in [1.807, 2.05) is 31.2 Å². The molecule has 124 valence electrons. The van der Waals surface area contributed by atoms with Crippen molar-refractivity contribution in [3.8, 4) is 5.75 Å². The van der Waals surface area contributed by atoms with Gasteiger partial charge in [-0.3, -0.25) is 0 Å². The monoisotopic (exact) mass is 337 g/mol. The van der Waals surface area contributed by atoms with E-state index in [1.165, 1.54) is 13.2 Å². The summed E-state index contributed by atoms with van der Waals surface area (Å²) in [6, 6.07) is 10.9. The molecule has 0 aliphatic heterocycles. The van der Waals surface area contributed by atoms with Gasteiger partial charge in [-0.1, -0.05) is 29.8 Å². The number of sulfonamides is 1. The highest BCUT2D eigenvalue weighted by Crippen LogP contribution is 2.24. The number of methoxy groups -OCH3 is 1. The molecule has 0 bridgehead atoms. The number of hydrogen-bond acceptors (Lipinski definition) is 3. The molecule has 0 radical (unpaired) electrons. The molecule has 0 spiro atoms. The second-order valence-corrected chi connectivity index (χ2v) is 7.19. The highest BCUT2D eigenvalue weighted by atomic mass is 32.2. The second-order valence-electron chi connectivity index (χ2n) is 5.51. The first-order chi connectivity index (χ1) is 10.8. The molecule has 4 nitrogen and oxygen atoms in total. The molecule has 2 aromatic carbocycles. The van der Waals surface area contributed by atoms with Gasteiger partial charge in [-0.25, -0.2) is 17.5 Å². The molecule has 0 fully saturated rings. The van der Waals surface area contributed by atoms with Gasteiger partial charge in [-0.05, 0) is 44.0 Å². The van der Waals surface area contributed by atoms with Gasteiger partial charge in [0.2, 0.25) is 10.0 Å². The fourth-order valence-corrected chi connectivity index (χ4v) is 3.85. The predicted octanol–water partition coefficient (Wildman–Crippen LogP) is 3.05. The molecule has 0 aliphatic rings. The van der Waals surface area contributed by atoms with Gasteiger partial charge in [-0.15, -0.1) is 0 Å². The first-order valence-electron chi connectivity index (χ1n) is 7.23. The second kappa shape index (κ2) is 7.10. The lowest BCUT2D eigenvalue weighted by atomic mass is 10.1. The zero-order chi connectivity index (χ0) is 17.0. The minimum Gasteiger partial charge on any atom is -0.495 e.